The van der Waals surface area contributed by atoms with Crippen LogP contribution >= 0.6 is 34.8 Å². The number of hydrogen-bond donors (Lipinski definition) is 1. The molecule has 2 aromatic heterocycles. The first-order valence-corrected chi connectivity index (χ1v) is 7.92. The van der Waals surface area contributed by atoms with E-state index in [1.807, 2.05) is 0 Å². The van der Waals surface area contributed by atoms with Gasteiger partial charge in [0.1, 0.15) is 5.75 Å². The maximum Gasteiger partial charge on any atom is 0.227 e. The van der Waals surface area contributed by atoms with Gasteiger partial charge in [-0.15, -0.1) is 0 Å². The van der Waals surface area contributed by atoms with E-state index in [1.165, 1.54) is 24.4 Å². The minimum atomic E-state index is -0.0320. The highest BCUT2D eigenvalue weighted by Crippen LogP contribution is 2.40. The molecule has 0 saturated heterocycles. The molecule has 0 fully saturated rings. The third-order valence-electron chi connectivity index (χ3n) is 3.48. The molecule has 1 aromatic carbocycles. The second-order valence-electron chi connectivity index (χ2n) is 5.03. The standard InChI is InChI=1S/C16H10Cl3N3O2/c1-8-13(9-2-4-11(23)5-3-9)14(16(19)21-22(8)24)15-12(18)6-10(17)7-20-15/h2-7,23H,1H3. The van der Waals surface area contributed by atoms with E-state index in [0.717, 1.165) is 0 Å². The van der Waals surface area contributed by atoms with Gasteiger partial charge in [0.15, 0.2) is 0 Å². The zero-order chi connectivity index (χ0) is 17.4. The number of halogens is 3. The van der Waals surface area contributed by atoms with Crippen molar-refractivity contribution in [1.82, 2.24) is 10.1 Å². The summed E-state index contributed by atoms with van der Waals surface area (Å²) in [5, 5.41) is 25.9. The molecule has 8 heteroatoms. The van der Waals surface area contributed by atoms with Crippen LogP contribution < -0.4 is 4.85 Å². The van der Waals surface area contributed by atoms with Crippen LogP contribution in [0.25, 0.3) is 22.4 Å². The number of hydrogen-bond acceptors (Lipinski definition) is 4. The van der Waals surface area contributed by atoms with Crippen molar-refractivity contribution >= 4 is 34.8 Å². The van der Waals surface area contributed by atoms with Crippen LogP contribution in [0.3, 0.4) is 0 Å². The summed E-state index contributed by atoms with van der Waals surface area (Å²) in [5.41, 5.74) is 2.32. The second-order valence-corrected chi connectivity index (χ2v) is 6.23. The molecule has 122 valence electrons. The van der Waals surface area contributed by atoms with Gasteiger partial charge in [-0.25, -0.2) is 0 Å². The Balaban J connectivity index is 2.37. The van der Waals surface area contributed by atoms with E-state index in [0.29, 0.717) is 37.9 Å². The van der Waals surface area contributed by atoms with Gasteiger partial charge < -0.3 is 10.3 Å². The molecule has 24 heavy (non-hydrogen) atoms. The van der Waals surface area contributed by atoms with Crippen molar-refractivity contribution in [3.05, 3.63) is 62.6 Å². The summed E-state index contributed by atoms with van der Waals surface area (Å²) >= 11 is 18.4. The van der Waals surface area contributed by atoms with Gasteiger partial charge in [-0.2, -0.15) is 0 Å². The summed E-state index contributed by atoms with van der Waals surface area (Å²) in [6, 6.07) is 7.90. The number of aromatic hydroxyl groups is 1. The number of benzene rings is 1. The number of aromatic nitrogens is 3. The van der Waals surface area contributed by atoms with E-state index in [2.05, 4.69) is 10.1 Å². The van der Waals surface area contributed by atoms with Crippen LogP contribution in [0.2, 0.25) is 15.2 Å². The Morgan fingerprint density at radius 2 is 1.75 bits per heavy atom. The fourth-order valence-electron chi connectivity index (χ4n) is 2.38. The van der Waals surface area contributed by atoms with Crippen LogP contribution in [-0.2, 0) is 0 Å². The molecule has 0 unspecified atom stereocenters. The van der Waals surface area contributed by atoms with E-state index in [9.17, 15) is 10.3 Å². The van der Waals surface area contributed by atoms with Crippen LogP contribution in [0.5, 0.6) is 5.75 Å². The Labute approximate surface area is 152 Å². The lowest BCUT2D eigenvalue weighted by Crippen LogP contribution is -2.35. The highest BCUT2D eigenvalue weighted by Gasteiger charge is 2.25. The molecular weight excluding hydrogens is 373 g/mol. The average molecular weight is 383 g/mol. The number of pyridine rings is 1. The number of nitrogens with zero attached hydrogens (tertiary/aromatic N) is 3. The summed E-state index contributed by atoms with van der Waals surface area (Å²) in [6.07, 6.45) is 1.44. The summed E-state index contributed by atoms with van der Waals surface area (Å²) in [6.45, 7) is 1.62. The van der Waals surface area contributed by atoms with Crippen molar-refractivity contribution in [2.45, 2.75) is 6.92 Å². The number of phenolic OH excluding ortho intramolecular Hbond substituents is 1. The smallest absolute Gasteiger partial charge is 0.227 e. The molecule has 0 atom stereocenters. The fraction of sp³-hybridized carbons (Fsp3) is 0.0625. The topological polar surface area (TPSA) is 73.0 Å². The first-order valence-electron chi connectivity index (χ1n) is 6.79. The highest BCUT2D eigenvalue weighted by atomic mass is 35.5. The van der Waals surface area contributed by atoms with E-state index < -0.39 is 0 Å². The largest absolute Gasteiger partial charge is 0.594 e. The molecule has 2 heterocycles. The van der Waals surface area contributed by atoms with Crippen molar-refractivity contribution in [3.8, 4) is 28.1 Å². The number of rotatable bonds is 2. The minimum Gasteiger partial charge on any atom is -0.594 e. The Morgan fingerprint density at radius 3 is 2.38 bits per heavy atom. The molecule has 0 radical (unpaired) electrons. The normalized spacial score (nSPS) is 10.8. The molecule has 0 aliphatic rings. The molecule has 0 saturated carbocycles. The van der Waals surface area contributed by atoms with E-state index in [1.54, 1.807) is 19.1 Å². The van der Waals surface area contributed by atoms with Crippen LogP contribution in [-0.4, -0.2) is 15.2 Å². The average Bonchev–Trinajstić information content (AvgIpc) is 2.53. The van der Waals surface area contributed by atoms with E-state index in [-0.39, 0.29) is 15.9 Å². The monoisotopic (exact) mass is 381 g/mol. The molecule has 0 amide bonds. The molecule has 5 nitrogen and oxygen atoms in total. The SMILES string of the molecule is Cc1c(-c2ccc(O)cc2)c(-c2ncc(Cl)cc2Cl)c(Cl)n[n+]1[O-]. The Bertz CT molecular complexity index is 931. The zero-order valence-electron chi connectivity index (χ0n) is 12.3. The Hall–Kier alpha value is -2.08. The third-order valence-corrected chi connectivity index (χ3v) is 4.24. The van der Waals surface area contributed by atoms with Gasteiger partial charge in [0.2, 0.25) is 10.8 Å². The Morgan fingerprint density at radius 1 is 1.08 bits per heavy atom. The lowest BCUT2D eigenvalue weighted by Gasteiger charge is -2.13. The highest BCUT2D eigenvalue weighted by molar-refractivity contribution is 6.37. The summed E-state index contributed by atoms with van der Waals surface area (Å²) in [5.74, 6) is 0.107. The third kappa shape index (κ3) is 2.98. The molecule has 3 aromatic rings. The molecule has 3 rings (SSSR count). The van der Waals surface area contributed by atoms with Crippen LogP contribution in [0.1, 0.15) is 5.69 Å². The van der Waals surface area contributed by atoms with Crippen LogP contribution in [0.15, 0.2) is 36.5 Å². The van der Waals surface area contributed by atoms with Crippen molar-refractivity contribution in [2.75, 3.05) is 0 Å². The second kappa shape index (κ2) is 6.43. The van der Waals surface area contributed by atoms with Crippen LogP contribution in [0, 0.1) is 12.1 Å². The first kappa shape index (κ1) is 16.8. The van der Waals surface area contributed by atoms with Crippen molar-refractivity contribution in [3.63, 3.8) is 0 Å². The minimum absolute atomic E-state index is 0.0320. The number of phenols is 1. The maximum absolute atomic E-state index is 12.0. The summed E-state index contributed by atoms with van der Waals surface area (Å²) < 4.78 is 0. The quantitative estimate of drug-likeness (QED) is 0.526. The van der Waals surface area contributed by atoms with Crippen molar-refractivity contribution in [1.29, 1.82) is 0 Å². The fourth-order valence-corrected chi connectivity index (χ4v) is 3.11. The van der Waals surface area contributed by atoms with Gasteiger partial charge >= 0.3 is 0 Å². The van der Waals surface area contributed by atoms with Gasteiger partial charge in [-0.3, -0.25) is 4.98 Å². The first-order chi connectivity index (χ1) is 11.4. The van der Waals surface area contributed by atoms with E-state index >= 15 is 0 Å². The molecule has 0 aliphatic heterocycles. The molecule has 0 bridgehead atoms. The van der Waals surface area contributed by atoms with Crippen LogP contribution in [0.4, 0.5) is 0 Å². The lowest BCUT2D eigenvalue weighted by molar-refractivity contribution is -0.674. The lowest BCUT2D eigenvalue weighted by atomic mass is 9.97. The summed E-state index contributed by atoms with van der Waals surface area (Å²) in [4.78, 5) is 4.68. The molecule has 1 N–H and O–H groups in total. The van der Waals surface area contributed by atoms with E-state index in [4.69, 9.17) is 34.8 Å². The van der Waals surface area contributed by atoms with Crippen molar-refractivity contribution < 1.29 is 9.95 Å². The summed E-state index contributed by atoms with van der Waals surface area (Å²) in [7, 11) is 0. The predicted molar refractivity (Wildman–Crippen MR) is 93.3 cm³/mol. The van der Waals surface area contributed by atoms with Gasteiger partial charge in [0, 0.05) is 18.2 Å². The molecule has 0 spiro atoms. The molecular formula is C16H10Cl3N3O2. The van der Waals surface area contributed by atoms with Gasteiger partial charge in [0.25, 0.3) is 0 Å². The predicted octanol–water partition coefficient (Wildman–Crippen LogP) is 4.42. The van der Waals surface area contributed by atoms with Gasteiger partial charge in [0.05, 0.1) is 26.9 Å². The van der Waals surface area contributed by atoms with Crippen molar-refractivity contribution in [2.24, 2.45) is 0 Å². The Kier molecular flexibility index (Phi) is 4.49. The maximum atomic E-state index is 12.0. The molecule has 0 aliphatic carbocycles. The van der Waals surface area contributed by atoms with Gasteiger partial charge in [-0.1, -0.05) is 51.8 Å². The zero-order valence-corrected chi connectivity index (χ0v) is 14.6. The van der Waals surface area contributed by atoms with Gasteiger partial charge in [-0.05, 0) is 23.8 Å².